The molecule has 1 aliphatic heterocycles. The Morgan fingerprint density at radius 2 is 1.50 bits per heavy atom. The lowest BCUT2D eigenvalue weighted by Crippen LogP contribution is -2.03. The molecule has 1 nitrogen and oxygen atoms in total. The molecule has 4 atom stereocenters. The monoisotopic (exact) mass is 110 g/mol. The normalized spacial score (nSPS) is 66.0. The smallest absolute Gasteiger partial charge is 0.0844 e. The van der Waals surface area contributed by atoms with Crippen LogP contribution >= 0.6 is 0 Å². The van der Waals surface area contributed by atoms with E-state index in [1.807, 2.05) is 0 Å². The third-order valence-corrected chi connectivity index (χ3v) is 2.83. The summed E-state index contributed by atoms with van der Waals surface area (Å²) in [5.41, 5.74) is 0. The molecule has 2 aliphatic carbocycles. The van der Waals surface area contributed by atoms with E-state index < -0.39 is 0 Å². The number of epoxide rings is 1. The van der Waals surface area contributed by atoms with E-state index in [0.29, 0.717) is 0 Å². The van der Waals surface area contributed by atoms with Gasteiger partial charge in [0.1, 0.15) is 0 Å². The van der Waals surface area contributed by atoms with E-state index in [9.17, 15) is 0 Å². The van der Waals surface area contributed by atoms with Crippen molar-refractivity contribution in [3.8, 4) is 0 Å². The summed E-state index contributed by atoms with van der Waals surface area (Å²) in [4.78, 5) is 0. The van der Waals surface area contributed by atoms with Gasteiger partial charge in [-0.2, -0.15) is 0 Å². The molecule has 3 fully saturated rings. The van der Waals surface area contributed by atoms with Crippen molar-refractivity contribution in [2.24, 2.45) is 11.8 Å². The molecule has 1 heteroatoms. The highest BCUT2D eigenvalue weighted by Gasteiger charge is 2.54. The largest absolute Gasteiger partial charge is 0.370 e. The maximum Gasteiger partial charge on any atom is 0.0844 e. The molecule has 3 aliphatic rings. The highest BCUT2D eigenvalue weighted by molar-refractivity contribution is 5.03. The molecule has 44 valence electrons. The fraction of sp³-hybridized carbons (Fsp3) is 1.00. The van der Waals surface area contributed by atoms with E-state index >= 15 is 0 Å². The van der Waals surface area contributed by atoms with Crippen molar-refractivity contribution in [2.45, 2.75) is 31.5 Å². The number of hydrogen-bond donors (Lipinski definition) is 0. The summed E-state index contributed by atoms with van der Waals surface area (Å²) in [5.74, 6) is 2.19. The molecule has 3 rings (SSSR count). The minimum atomic E-state index is 0.721. The van der Waals surface area contributed by atoms with Crippen LogP contribution in [0.25, 0.3) is 0 Å². The van der Waals surface area contributed by atoms with E-state index in [1.54, 1.807) is 0 Å². The molecule has 1 saturated heterocycles. The number of fused-ring (bicyclic) bond motifs is 2. The first-order valence-electron chi connectivity index (χ1n) is 3.59. The van der Waals surface area contributed by atoms with E-state index in [2.05, 4.69) is 0 Å². The Morgan fingerprint density at radius 3 is 2.12 bits per heavy atom. The summed E-state index contributed by atoms with van der Waals surface area (Å²) in [6.45, 7) is 0. The minimum absolute atomic E-state index is 0.721. The van der Waals surface area contributed by atoms with Crippen LogP contribution in [-0.2, 0) is 4.74 Å². The summed E-state index contributed by atoms with van der Waals surface area (Å²) in [6, 6.07) is 0. The van der Waals surface area contributed by atoms with Crippen LogP contribution in [0.4, 0.5) is 0 Å². The second-order valence-corrected chi connectivity index (χ2v) is 3.44. The highest BCUT2D eigenvalue weighted by Crippen LogP contribution is 2.55. The molecule has 0 radical (unpaired) electrons. The van der Waals surface area contributed by atoms with Crippen molar-refractivity contribution < 1.29 is 4.74 Å². The Balaban J connectivity index is 1.85. The van der Waals surface area contributed by atoms with Crippen LogP contribution in [-0.4, -0.2) is 12.2 Å². The van der Waals surface area contributed by atoms with Crippen molar-refractivity contribution in [1.82, 2.24) is 0 Å². The van der Waals surface area contributed by atoms with Gasteiger partial charge in [0, 0.05) is 0 Å². The van der Waals surface area contributed by atoms with Gasteiger partial charge in [-0.25, -0.2) is 0 Å². The van der Waals surface area contributed by atoms with Gasteiger partial charge in [0.25, 0.3) is 0 Å². The molecule has 2 saturated carbocycles. The standard InChI is InChI=1S/C7H10O/c1-4-2-6-7(8-6)3-5(1)4/h4-7H,1-3H2/t4-,5+,6-,7+. The molecule has 8 heavy (non-hydrogen) atoms. The van der Waals surface area contributed by atoms with Crippen molar-refractivity contribution >= 4 is 0 Å². The van der Waals surface area contributed by atoms with Crippen molar-refractivity contribution in [3.05, 3.63) is 0 Å². The van der Waals surface area contributed by atoms with Crippen molar-refractivity contribution in [1.29, 1.82) is 0 Å². The second-order valence-electron chi connectivity index (χ2n) is 3.44. The minimum Gasteiger partial charge on any atom is -0.370 e. The summed E-state index contributed by atoms with van der Waals surface area (Å²) in [6.07, 6.45) is 5.76. The average Bonchev–Trinajstić information content (AvgIpc) is 2.45. The molecular weight excluding hydrogens is 100 g/mol. The molecule has 0 bridgehead atoms. The van der Waals surface area contributed by atoms with Gasteiger partial charge in [0.15, 0.2) is 0 Å². The molecule has 0 N–H and O–H groups in total. The predicted molar refractivity (Wildman–Crippen MR) is 29.5 cm³/mol. The first kappa shape index (κ1) is 3.89. The molecule has 0 amide bonds. The van der Waals surface area contributed by atoms with Crippen LogP contribution in [0.3, 0.4) is 0 Å². The Hall–Kier alpha value is -0.0400. The van der Waals surface area contributed by atoms with Crippen LogP contribution in [0.5, 0.6) is 0 Å². The van der Waals surface area contributed by atoms with Crippen LogP contribution in [0, 0.1) is 11.8 Å². The average molecular weight is 110 g/mol. The van der Waals surface area contributed by atoms with Crippen LogP contribution < -0.4 is 0 Å². The third kappa shape index (κ3) is 0.368. The van der Waals surface area contributed by atoms with Gasteiger partial charge in [-0.1, -0.05) is 0 Å². The molecule has 1 heterocycles. The lowest BCUT2D eigenvalue weighted by atomic mass is 10.0. The predicted octanol–water partition coefficient (Wildman–Crippen LogP) is 1.18. The summed E-state index contributed by atoms with van der Waals surface area (Å²) in [5, 5.41) is 0. The van der Waals surface area contributed by atoms with E-state index in [4.69, 9.17) is 4.74 Å². The fourth-order valence-electron chi connectivity index (χ4n) is 2.08. The van der Waals surface area contributed by atoms with Crippen LogP contribution in [0.15, 0.2) is 0 Å². The maximum atomic E-state index is 5.38. The molecule has 0 aromatic heterocycles. The number of ether oxygens (including phenoxy) is 1. The Labute approximate surface area is 49.0 Å². The first-order valence-corrected chi connectivity index (χ1v) is 3.59. The van der Waals surface area contributed by atoms with E-state index in [0.717, 1.165) is 24.0 Å². The van der Waals surface area contributed by atoms with Gasteiger partial charge < -0.3 is 4.74 Å². The van der Waals surface area contributed by atoms with Gasteiger partial charge >= 0.3 is 0 Å². The fourth-order valence-corrected chi connectivity index (χ4v) is 2.08. The quantitative estimate of drug-likeness (QED) is 0.427. The zero-order valence-corrected chi connectivity index (χ0v) is 4.84. The van der Waals surface area contributed by atoms with Gasteiger partial charge in [-0.05, 0) is 31.1 Å². The molecule has 0 aromatic carbocycles. The lowest BCUT2D eigenvalue weighted by molar-refractivity contribution is 0.363. The van der Waals surface area contributed by atoms with Crippen molar-refractivity contribution in [3.63, 3.8) is 0 Å². The Morgan fingerprint density at radius 1 is 0.875 bits per heavy atom. The number of rotatable bonds is 0. The maximum absolute atomic E-state index is 5.38. The van der Waals surface area contributed by atoms with E-state index in [-0.39, 0.29) is 0 Å². The second kappa shape index (κ2) is 0.971. The SMILES string of the molecule is C1[C@@H]2C[C@H]3O[C@H]3C[C@H]12. The zero-order chi connectivity index (χ0) is 5.14. The first-order chi connectivity index (χ1) is 3.93. The van der Waals surface area contributed by atoms with Gasteiger partial charge in [0.05, 0.1) is 12.2 Å². The lowest BCUT2D eigenvalue weighted by Gasteiger charge is -1.99. The van der Waals surface area contributed by atoms with Gasteiger partial charge in [-0.3, -0.25) is 0 Å². The molecule has 0 aromatic rings. The van der Waals surface area contributed by atoms with Gasteiger partial charge in [-0.15, -0.1) is 0 Å². The third-order valence-electron chi connectivity index (χ3n) is 2.83. The molecular formula is C7H10O. The van der Waals surface area contributed by atoms with E-state index in [1.165, 1.54) is 19.3 Å². The highest BCUT2D eigenvalue weighted by atomic mass is 16.6. The Kier molecular flexibility index (Phi) is 0.472. The number of hydrogen-bond acceptors (Lipinski definition) is 1. The summed E-state index contributed by atoms with van der Waals surface area (Å²) >= 11 is 0. The van der Waals surface area contributed by atoms with Crippen LogP contribution in [0.2, 0.25) is 0 Å². The molecule has 0 unspecified atom stereocenters. The molecule has 0 spiro atoms. The van der Waals surface area contributed by atoms with Crippen LogP contribution in [0.1, 0.15) is 19.3 Å². The topological polar surface area (TPSA) is 12.5 Å². The summed E-state index contributed by atoms with van der Waals surface area (Å²) in [7, 11) is 0. The van der Waals surface area contributed by atoms with Gasteiger partial charge in [0.2, 0.25) is 0 Å². The zero-order valence-electron chi connectivity index (χ0n) is 4.84. The van der Waals surface area contributed by atoms with Crippen molar-refractivity contribution in [2.75, 3.05) is 0 Å². The summed E-state index contributed by atoms with van der Waals surface area (Å²) < 4.78 is 5.38. The Bertz CT molecular complexity index is 104.